The van der Waals surface area contributed by atoms with Gasteiger partial charge in [-0.3, -0.25) is 9.69 Å². The van der Waals surface area contributed by atoms with Crippen LogP contribution in [0.4, 0.5) is 10.1 Å². The molecule has 25 heavy (non-hydrogen) atoms. The smallest absolute Gasteiger partial charge is 0.238 e. The standard InChI is InChI=1S/C17H19FN2O4S/c18-13-3-1-4-14(9-13)19-17(21)11-20(10-16-5-2-7-24-16)15-6-8-25(22,23)12-15/h1-5,7,9,15H,6,8,10-12H2,(H,19,21). The van der Waals surface area contributed by atoms with Gasteiger partial charge in [0.1, 0.15) is 11.6 Å². The number of hydrogen-bond acceptors (Lipinski definition) is 5. The second kappa shape index (κ2) is 7.37. The van der Waals surface area contributed by atoms with Crippen LogP contribution in [0, 0.1) is 5.82 Å². The molecule has 0 saturated carbocycles. The van der Waals surface area contributed by atoms with E-state index in [1.165, 1.54) is 24.5 Å². The van der Waals surface area contributed by atoms with Crippen LogP contribution in [0.25, 0.3) is 0 Å². The maximum atomic E-state index is 13.2. The molecule has 0 radical (unpaired) electrons. The lowest BCUT2D eigenvalue weighted by atomic mass is 10.2. The van der Waals surface area contributed by atoms with E-state index in [1.807, 2.05) is 0 Å². The molecule has 2 heterocycles. The molecule has 1 aliphatic heterocycles. The number of furan rings is 1. The Morgan fingerprint density at radius 1 is 1.32 bits per heavy atom. The van der Waals surface area contributed by atoms with E-state index in [0.717, 1.165) is 0 Å². The Hall–Kier alpha value is -2.19. The lowest BCUT2D eigenvalue weighted by Crippen LogP contribution is -2.41. The Morgan fingerprint density at radius 3 is 2.80 bits per heavy atom. The van der Waals surface area contributed by atoms with Gasteiger partial charge in [0.2, 0.25) is 5.91 Å². The van der Waals surface area contributed by atoms with Gasteiger partial charge in [0.05, 0.1) is 30.9 Å². The van der Waals surface area contributed by atoms with Crippen molar-refractivity contribution in [3.8, 4) is 0 Å². The van der Waals surface area contributed by atoms with Crippen molar-refractivity contribution in [2.75, 3.05) is 23.4 Å². The Bertz CT molecular complexity index is 836. The molecule has 8 heteroatoms. The van der Waals surface area contributed by atoms with Crippen LogP contribution in [0.3, 0.4) is 0 Å². The SMILES string of the molecule is O=C(CN(Cc1ccco1)C1CCS(=O)(=O)C1)Nc1cccc(F)c1. The largest absolute Gasteiger partial charge is 0.468 e. The highest BCUT2D eigenvalue weighted by Crippen LogP contribution is 2.20. The Morgan fingerprint density at radius 2 is 2.16 bits per heavy atom. The van der Waals surface area contributed by atoms with Gasteiger partial charge in [-0.25, -0.2) is 12.8 Å². The zero-order valence-electron chi connectivity index (χ0n) is 13.5. The van der Waals surface area contributed by atoms with Crippen molar-refractivity contribution in [1.29, 1.82) is 0 Å². The van der Waals surface area contributed by atoms with E-state index in [2.05, 4.69) is 5.32 Å². The molecule has 134 valence electrons. The lowest BCUT2D eigenvalue weighted by molar-refractivity contribution is -0.118. The molecule has 0 bridgehead atoms. The van der Waals surface area contributed by atoms with E-state index in [-0.39, 0.29) is 30.0 Å². The fourth-order valence-corrected chi connectivity index (χ4v) is 4.69. The van der Waals surface area contributed by atoms with Crippen LogP contribution in [0.15, 0.2) is 47.1 Å². The third-order valence-electron chi connectivity index (χ3n) is 4.12. The van der Waals surface area contributed by atoms with Crippen LogP contribution in [-0.4, -0.2) is 43.3 Å². The van der Waals surface area contributed by atoms with Gasteiger partial charge in [-0.2, -0.15) is 0 Å². The third kappa shape index (κ3) is 4.90. The van der Waals surface area contributed by atoms with E-state index < -0.39 is 15.7 Å². The minimum absolute atomic E-state index is 0.00258. The molecule has 1 atom stereocenters. The number of sulfone groups is 1. The van der Waals surface area contributed by atoms with Crippen LogP contribution in [0.5, 0.6) is 0 Å². The van der Waals surface area contributed by atoms with Crippen molar-refractivity contribution in [1.82, 2.24) is 4.90 Å². The molecule has 1 aliphatic rings. The van der Waals surface area contributed by atoms with Gasteiger partial charge >= 0.3 is 0 Å². The van der Waals surface area contributed by atoms with Crippen LogP contribution < -0.4 is 5.32 Å². The van der Waals surface area contributed by atoms with E-state index >= 15 is 0 Å². The number of hydrogen-bond donors (Lipinski definition) is 1. The average molecular weight is 366 g/mol. The monoisotopic (exact) mass is 366 g/mol. The fraction of sp³-hybridized carbons (Fsp3) is 0.353. The van der Waals surface area contributed by atoms with Gasteiger partial charge in [0.25, 0.3) is 0 Å². The molecule has 0 spiro atoms. The van der Waals surface area contributed by atoms with Crippen LogP contribution in [0.2, 0.25) is 0 Å². The van der Waals surface area contributed by atoms with Gasteiger partial charge in [-0.05, 0) is 36.8 Å². The number of carbonyl (C=O) groups is 1. The molecule has 1 fully saturated rings. The topological polar surface area (TPSA) is 79.6 Å². The maximum Gasteiger partial charge on any atom is 0.238 e. The van der Waals surface area contributed by atoms with Gasteiger partial charge in [-0.15, -0.1) is 0 Å². The third-order valence-corrected chi connectivity index (χ3v) is 5.87. The summed E-state index contributed by atoms with van der Waals surface area (Å²) in [5, 5.41) is 2.64. The Kier molecular flexibility index (Phi) is 5.19. The van der Waals surface area contributed by atoms with Crippen LogP contribution >= 0.6 is 0 Å². The predicted molar refractivity (Wildman–Crippen MR) is 91.2 cm³/mol. The normalized spacial score (nSPS) is 19.2. The summed E-state index contributed by atoms with van der Waals surface area (Å²) in [6.45, 7) is 0.334. The second-order valence-electron chi connectivity index (χ2n) is 6.10. The molecular weight excluding hydrogens is 347 g/mol. The number of anilines is 1. The summed E-state index contributed by atoms with van der Waals surface area (Å²) in [5.74, 6) is 0.0372. The molecule has 1 amide bonds. The van der Waals surface area contributed by atoms with Gasteiger partial charge < -0.3 is 9.73 Å². The first-order valence-electron chi connectivity index (χ1n) is 7.93. The quantitative estimate of drug-likeness (QED) is 0.846. The summed E-state index contributed by atoms with van der Waals surface area (Å²) < 4.78 is 42.1. The summed E-state index contributed by atoms with van der Waals surface area (Å²) >= 11 is 0. The number of nitrogens with one attached hydrogen (secondary N) is 1. The molecule has 1 aromatic heterocycles. The molecule has 1 saturated heterocycles. The Balaban J connectivity index is 1.69. The predicted octanol–water partition coefficient (Wildman–Crippen LogP) is 2.05. The first kappa shape index (κ1) is 17.6. The molecule has 6 nitrogen and oxygen atoms in total. The van der Waals surface area contributed by atoms with Gasteiger partial charge in [0.15, 0.2) is 9.84 Å². The molecule has 1 N–H and O–H groups in total. The number of carbonyl (C=O) groups excluding carboxylic acids is 1. The maximum absolute atomic E-state index is 13.2. The number of benzene rings is 1. The number of amides is 1. The number of rotatable bonds is 6. The fourth-order valence-electron chi connectivity index (χ4n) is 2.93. The average Bonchev–Trinajstić information content (AvgIpc) is 3.16. The zero-order valence-corrected chi connectivity index (χ0v) is 14.3. The molecule has 1 unspecified atom stereocenters. The van der Waals surface area contributed by atoms with Crippen molar-refractivity contribution in [3.63, 3.8) is 0 Å². The first-order chi connectivity index (χ1) is 11.9. The number of halogens is 1. The van der Waals surface area contributed by atoms with Crippen LogP contribution in [-0.2, 0) is 21.2 Å². The van der Waals surface area contributed by atoms with Crippen LogP contribution in [0.1, 0.15) is 12.2 Å². The van der Waals surface area contributed by atoms with E-state index in [0.29, 0.717) is 24.4 Å². The van der Waals surface area contributed by atoms with E-state index in [1.54, 1.807) is 23.1 Å². The first-order valence-corrected chi connectivity index (χ1v) is 9.76. The molecule has 2 aromatic rings. The highest BCUT2D eigenvalue weighted by Gasteiger charge is 2.33. The van der Waals surface area contributed by atoms with Crippen molar-refractivity contribution in [3.05, 3.63) is 54.2 Å². The molecule has 1 aromatic carbocycles. The summed E-state index contributed by atoms with van der Waals surface area (Å²) in [5.41, 5.74) is 0.363. The highest BCUT2D eigenvalue weighted by molar-refractivity contribution is 7.91. The van der Waals surface area contributed by atoms with Crippen molar-refractivity contribution in [2.24, 2.45) is 0 Å². The summed E-state index contributed by atoms with van der Waals surface area (Å²) in [4.78, 5) is 14.1. The Labute approximate surface area is 145 Å². The zero-order chi connectivity index (χ0) is 17.9. The van der Waals surface area contributed by atoms with Gasteiger partial charge in [-0.1, -0.05) is 6.07 Å². The molecule has 0 aliphatic carbocycles. The highest BCUT2D eigenvalue weighted by atomic mass is 32.2. The second-order valence-corrected chi connectivity index (χ2v) is 8.33. The van der Waals surface area contributed by atoms with Crippen molar-refractivity contribution in [2.45, 2.75) is 19.0 Å². The van der Waals surface area contributed by atoms with Crippen molar-refractivity contribution < 1.29 is 22.0 Å². The summed E-state index contributed by atoms with van der Waals surface area (Å²) in [6, 6.07) is 8.91. The van der Waals surface area contributed by atoms with Gasteiger partial charge in [0, 0.05) is 11.7 Å². The van der Waals surface area contributed by atoms with E-state index in [4.69, 9.17) is 4.42 Å². The van der Waals surface area contributed by atoms with Crippen molar-refractivity contribution >= 4 is 21.4 Å². The summed E-state index contributed by atoms with van der Waals surface area (Å²) in [6.07, 6.45) is 2.02. The molecule has 3 rings (SSSR count). The minimum Gasteiger partial charge on any atom is -0.468 e. The molecular formula is C17H19FN2O4S. The summed E-state index contributed by atoms with van der Waals surface area (Å²) in [7, 11) is -3.07. The van der Waals surface area contributed by atoms with E-state index in [9.17, 15) is 17.6 Å². The lowest BCUT2D eigenvalue weighted by Gasteiger charge is -2.26. The minimum atomic E-state index is -3.07. The number of nitrogens with zero attached hydrogens (tertiary/aromatic N) is 1.